The highest BCUT2D eigenvalue weighted by atomic mass is 16.8. The molecule has 0 aliphatic carbocycles. The molecule has 9 aliphatic heterocycles. The van der Waals surface area contributed by atoms with Gasteiger partial charge in [0.05, 0.1) is 59.0 Å². The Morgan fingerprint density at radius 1 is 0.259 bits per heavy atom. The minimum atomic E-state index is -2.55. The Morgan fingerprint density at radius 2 is 0.556 bits per heavy atom. The second-order valence-electron chi connectivity index (χ2n) is 27.5. The maximum Gasteiger partial charge on any atom is 0.217 e. The Labute approximate surface area is 611 Å². The van der Waals surface area contributed by atoms with Crippen molar-refractivity contribution in [1.29, 1.82) is 0 Å². The van der Waals surface area contributed by atoms with Crippen molar-refractivity contribution in [2.24, 2.45) is 0 Å². The SMILES string of the molecule is CC(=O)N[C@@H]1[C@@H](O)[C@H](O[C@@H]2O[C@H](CO)[C@@H](O[C@@H]3O[C@H](CO[C@H]4O[C@H](CO)[C@@H](O)[C@H](O[C@H]5O[C@H](CO)[C@@H](O)[C@H](O)[C@@H]5O)[C@@H]4O)[C@@H](O)[C@H](O[C@H]4O[C@H](CO)[C@@H](O)[C@H](O)[C@@H]4O[C@@H]4O[C@H](CO)[C@@H](O[C@@H]5O[C@H](CO)[C@H](O)[C@H](O)[C@H]5O)[C@H](O)[C@H]4NC(C)=O)[C@@H]3O)[C@H](O)[C@H]2NC(C)=O)[C@@H](CO[C@@H]2O[C@H](C)[C@H](O)[C@H](O)[C@H]2O)O[C@H]1O. The summed E-state index contributed by atoms with van der Waals surface area (Å²) in [6.45, 7) is -4.26. The molecule has 0 spiro atoms. The molecule has 0 aromatic rings. The molecule has 48 nitrogen and oxygen atoms in total. The smallest absolute Gasteiger partial charge is 0.217 e. The summed E-state index contributed by atoms with van der Waals surface area (Å²) in [4.78, 5) is 38.4. The first-order valence-electron chi connectivity index (χ1n) is 34.5. The highest BCUT2D eigenvalue weighted by molar-refractivity contribution is 5.74. The predicted molar refractivity (Wildman–Crippen MR) is 330 cm³/mol. The third-order valence-electron chi connectivity index (χ3n) is 19.9. The molecule has 9 fully saturated rings. The van der Waals surface area contributed by atoms with E-state index >= 15 is 0 Å². The Kier molecular flexibility index (Phi) is 31.6. The summed E-state index contributed by atoms with van der Waals surface area (Å²) in [5.41, 5.74) is 0. The van der Waals surface area contributed by atoms with Gasteiger partial charge in [0.25, 0.3) is 0 Å². The summed E-state index contributed by atoms with van der Waals surface area (Å²) in [5, 5.41) is 283. The average Bonchev–Trinajstić information content (AvgIpc) is 0.768. The molecule has 0 radical (unpaired) electrons. The Bertz CT molecular complexity index is 2820. The number of carbonyl (C=O) groups is 3. The van der Waals surface area contributed by atoms with Crippen LogP contribution in [-0.4, -0.2) is 474 Å². The molecule has 626 valence electrons. The summed E-state index contributed by atoms with van der Waals surface area (Å²) in [5.74, 6) is -2.73. The lowest BCUT2D eigenvalue weighted by molar-refractivity contribution is -0.398. The summed E-state index contributed by atoms with van der Waals surface area (Å²) in [6, 6.07) is -5.63. The normalized spacial score (nSPS) is 50.4. The molecule has 9 aliphatic rings. The zero-order valence-electron chi connectivity index (χ0n) is 58.0. The summed E-state index contributed by atoms with van der Waals surface area (Å²) in [6.07, 6.45) is -85.2. The number of nitrogens with one attached hydrogen (secondary N) is 3. The maximum absolute atomic E-state index is 13.1. The van der Waals surface area contributed by atoms with Gasteiger partial charge < -0.3 is 224 Å². The van der Waals surface area contributed by atoms with E-state index in [2.05, 4.69) is 16.0 Å². The fourth-order valence-electron chi connectivity index (χ4n) is 13.9. The van der Waals surface area contributed by atoms with E-state index in [1.807, 2.05) is 0 Å². The predicted octanol–water partition coefficient (Wildman–Crippen LogP) is -19.2. The van der Waals surface area contributed by atoms with Crippen LogP contribution in [-0.2, 0) is 94.9 Å². The molecule has 0 bridgehead atoms. The highest BCUT2D eigenvalue weighted by Crippen LogP contribution is 2.39. The molecule has 9 saturated heterocycles. The first kappa shape index (κ1) is 88.7. The number of rotatable bonds is 27. The van der Waals surface area contributed by atoms with Gasteiger partial charge in [-0.2, -0.15) is 0 Å². The molecule has 0 aromatic heterocycles. The Balaban J connectivity index is 1.03. The maximum atomic E-state index is 13.1. The van der Waals surface area contributed by atoms with Crippen LogP contribution < -0.4 is 16.0 Å². The monoisotopic (exact) mass is 1580 g/mol. The van der Waals surface area contributed by atoms with Crippen LogP contribution in [0.5, 0.6) is 0 Å². The molecule has 0 unspecified atom stereocenters. The Hall–Kier alpha value is -3.27. The second kappa shape index (κ2) is 38.5. The fourth-order valence-corrected chi connectivity index (χ4v) is 13.9. The lowest BCUT2D eigenvalue weighted by Gasteiger charge is -2.51. The first-order valence-corrected chi connectivity index (χ1v) is 34.5. The van der Waals surface area contributed by atoms with Crippen LogP contribution in [0.4, 0.5) is 0 Å². The third-order valence-corrected chi connectivity index (χ3v) is 19.9. The van der Waals surface area contributed by atoms with E-state index in [-0.39, 0.29) is 0 Å². The average molecular weight is 1580 g/mol. The number of aliphatic hydroxyl groups excluding tert-OH is 25. The van der Waals surface area contributed by atoms with E-state index in [0.29, 0.717) is 0 Å². The largest absolute Gasteiger partial charge is 0.394 e. The van der Waals surface area contributed by atoms with E-state index in [1.165, 1.54) is 6.92 Å². The second-order valence-corrected chi connectivity index (χ2v) is 27.5. The van der Waals surface area contributed by atoms with Crippen molar-refractivity contribution in [1.82, 2.24) is 16.0 Å². The van der Waals surface area contributed by atoms with Crippen molar-refractivity contribution in [3.8, 4) is 0 Å². The van der Waals surface area contributed by atoms with Crippen molar-refractivity contribution in [2.75, 3.05) is 52.9 Å². The van der Waals surface area contributed by atoms with Crippen molar-refractivity contribution in [2.45, 2.75) is 304 Å². The van der Waals surface area contributed by atoms with Crippen molar-refractivity contribution < 1.29 is 223 Å². The standard InChI is InChI=1S/C60H101N3O45/c1-13-28(73)37(82)41(86)55(94-13)93-12-24-48(34(79)25(52(91)95-24)61-14(2)70)103-53-26(62-15(3)71)35(80)47(22(10-69)100-53)105-59-45(90)50(33(78)23(102-59)11-92-56-44(89)49(32(77)20(8-67)96-56)106-58-43(88)39(84)30(75)18(6-65)98-58)107-60-51(40(85)31(76)19(7-66)99-60)108-54-27(63-16(4)72)36(81)46(21(9-68)101-54)104-57-42(87)38(83)29(74)17(5-64)97-57/h13,17-60,64-69,73-91H,5-12H2,1-4H3,(H,61,70)(H,62,71)(H,63,72)/t13-,17-,18-,19-,20-,21-,22-,23-,24-,25-,26-,27-,28+,29+,30-,31-,32-,33-,34-,35-,36-,37+,38+,39+,40+,41-,42-,43+,44+,45+,46-,47-,48-,49+,50+,51+,52-,53+,54+,55-,56+,57+,58-,59+,60-/m1/s1. The topological polar surface area (TPSA) is 750 Å². The molecule has 0 aromatic carbocycles. The van der Waals surface area contributed by atoms with Crippen LogP contribution >= 0.6 is 0 Å². The van der Waals surface area contributed by atoms with Crippen LogP contribution in [0.1, 0.15) is 27.7 Å². The van der Waals surface area contributed by atoms with Gasteiger partial charge in [0.1, 0.15) is 213 Å². The lowest BCUT2D eigenvalue weighted by Crippen LogP contribution is -2.71. The summed E-state index contributed by atoms with van der Waals surface area (Å²) >= 11 is 0. The molecule has 9 rings (SSSR count). The lowest BCUT2D eigenvalue weighted by atomic mass is 9.93. The number of ether oxygens (including phenoxy) is 17. The third kappa shape index (κ3) is 19.3. The van der Waals surface area contributed by atoms with Crippen molar-refractivity contribution >= 4 is 17.7 Å². The quantitative estimate of drug-likeness (QED) is 0.0363. The molecular weight excluding hydrogens is 1480 g/mol. The van der Waals surface area contributed by atoms with Gasteiger partial charge in [0, 0.05) is 20.8 Å². The van der Waals surface area contributed by atoms with Crippen LogP contribution in [0, 0.1) is 0 Å². The molecule has 108 heavy (non-hydrogen) atoms. The number of aliphatic hydroxyl groups is 25. The molecule has 3 amide bonds. The summed E-state index contributed by atoms with van der Waals surface area (Å²) in [7, 11) is 0. The van der Waals surface area contributed by atoms with Gasteiger partial charge in [0.2, 0.25) is 17.7 Å². The number of carbonyl (C=O) groups excluding carboxylic acids is 3. The minimum Gasteiger partial charge on any atom is -0.394 e. The minimum absolute atomic E-state index is 0.823. The molecular formula is C60H101N3O45. The molecule has 45 atom stereocenters. The number of amides is 3. The van der Waals surface area contributed by atoms with Gasteiger partial charge in [-0.05, 0) is 6.92 Å². The molecule has 9 heterocycles. The molecule has 28 N–H and O–H groups in total. The van der Waals surface area contributed by atoms with Crippen LogP contribution in [0.2, 0.25) is 0 Å². The number of hydrogen-bond acceptors (Lipinski definition) is 45. The highest BCUT2D eigenvalue weighted by Gasteiger charge is 2.60. The van der Waals surface area contributed by atoms with Gasteiger partial charge in [-0.25, -0.2) is 0 Å². The van der Waals surface area contributed by atoms with Crippen molar-refractivity contribution in [3.63, 3.8) is 0 Å². The van der Waals surface area contributed by atoms with Crippen LogP contribution in [0.15, 0.2) is 0 Å². The van der Waals surface area contributed by atoms with E-state index in [1.54, 1.807) is 0 Å². The van der Waals surface area contributed by atoms with Gasteiger partial charge in [-0.1, -0.05) is 0 Å². The summed E-state index contributed by atoms with van der Waals surface area (Å²) < 4.78 is 99.6. The van der Waals surface area contributed by atoms with Gasteiger partial charge in [-0.15, -0.1) is 0 Å². The molecule has 0 saturated carbocycles. The van der Waals surface area contributed by atoms with E-state index < -0.39 is 347 Å². The van der Waals surface area contributed by atoms with Gasteiger partial charge >= 0.3 is 0 Å². The zero-order valence-corrected chi connectivity index (χ0v) is 58.0. The zero-order chi connectivity index (χ0) is 79.5. The van der Waals surface area contributed by atoms with E-state index in [4.69, 9.17) is 80.5 Å². The van der Waals surface area contributed by atoms with Gasteiger partial charge in [-0.3, -0.25) is 14.4 Å². The van der Waals surface area contributed by atoms with E-state index in [0.717, 1.165) is 20.8 Å². The first-order chi connectivity index (χ1) is 51.0. The number of hydrogen-bond donors (Lipinski definition) is 28. The molecule has 48 heteroatoms. The Morgan fingerprint density at radius 3 is 1.02 bits per heavy atom. The van der Waals surface area contributed by atoms with Crippen LogP contribution in [0.3, 0.4) is 0 Å². The van der Waals surface area contributed by atoms with Crippen molar-refractivity contribution in [3.05, 3.63) is 0 Å². The van der Waals surface area contributed by atoms with Gasteiger partial charge in [0.15, 0.2) is 56.6 Å². The fraction of sp³-hybridized carbons (Fsp3) is 0.950. The van der Waals surface area contributed by atoms with E-state index in [9.17, 15) is 142 Å². The van der Waals surface area contributed by atoms with Crippen LogP contribution in [0.25, 0.3) is 0 Å².